The van der Waals surface area contributed by atoms with Crippen LogP contribution in [0.5, 0.6) is 5.75 Å². The van der Waals surface area contributed by atoms with Crippen LogP contribution in [-0.2, 0) is 24.8 Å². The fraction of sp³-hybridized carbons (Fsp3) is 0.308. The second kappa shape index (κ2) is 10.6. The van der Waals surface area contributed by atoms with Crippen LogP contribution in [0.25, 0.3) is 0 Å². The molecule has 0 saturated carbocycles. The molecule has 0 spiro atoms. The summed E-state index contributed by atoms with van der Waals surface area (Å²) < 4.78 is 69.4. The molecule has 0 atom stereocenters. The molecule has 0 amide bonds. The van der Waals surface area contributed by atoms with Crippen LogP contribution in [0.1, 0.15) is 16.7 Å². The number of nitrogens with zero attached hydrogens (tertiary/aromatic N) is 1. The van der Waals surface area contributed by atoms with E-state index in [4.69, 9.17) is 9.47 Å². The van der Waals surface area contributed by atoms with Gasteiger partial charge in [-0.25, -0.2) is 16.8 Å². The van der Waals surface area contributed by atoms with E-state index in [0.717, 1.165) is 5.56 Å². The van der Waals surface area contributed by atoms with Crippen molar-refractivity contribution in [2.24, 2.45) is 0 Å². The zero-order chi connectivity index (χ0) is 26.8. The lowest BCUT2D eigenvalue weighted by molar-refractivity contribution is 0.123. The molecule has 0 radical (unpaired) electrons. The minimum absolute atomic E-state index is 0.0737. The molecule has 11 heteroatoms. The van der Waals surface area contributed by atoms with Gasteiger partial charge in [0.05, 0.1) is 41.5 Å². The van der Waals surface area contributed by atoms with Crippen LogP contribution in [0.3, 0.4) is 0 Å². The molecule has 4 rings (SSSR count). The summed E-state index contributed by atoms with van der Waals surface area (Å²) in [6, 6.07) is 14.5. The number of anilines is 3. The van der Waals surface area contributed by atoms with Gasteiger partial charge in [0.1, 0.15) is 5.75 Å². The first-order valence-corrected chi connectivity index (χ1v) is 14.7. The van der Waals surface area contributed by atoms with Gasteiger partial charge in [0.25, 0.3) is 20.0 Å². The first-order valence-electron chi connectivity index (χ1n) is 11.7. The number of nitrogens with one attached hydrogen (secondary N) is 2. The van der Waals surface area contributed by atoms with Crippen LogP contribution < -0.4 is 19.1 Å². The second-order valence-corrected chi connectivity index (χ2v) is 12.2. The van der Waals surface area contributed by atoms with Crippen molar-refractivity contribution in [2.45, 2.75) is 30.6 Å². The summed E-state index contributed by atoms with van der Waals surface area (Å²) in [6.45, 7) is 7.47. The topological polar surface area (TPSA) is 114 Å². The Bertz CT molecular complexity index is 1470. The van der Waals surface area contributed by atoms with E-state index < -0.39 is 20.0 Å². The van der Waals surface area contributed by atoms with Gasteiger partial charge in [0, 0.05) is 18.8 Å². The molecule has 2 N–H and O–H groups in total. The molecule has 0 aromatic heterocycles. The number of methoxy groups -OCH3 is 1. The quantitative estimate of drug-likeness (QED) is 0.439. The molecule has 0 unspecified atom stereocenters. The van der Waals surface area contributed by atoms with Crippen LogP contribution in [0, 0.1) is 20.8 Å². The van der Waals surface area contributed by atoms with Crippen molar-refractivity contribution >= 4 is 37.1 Å². The fourth-order valence-electron chi connectivity index (χ4n) is 4.50. The van der Waals surface area contributed by atoms with Gasteiger partial charge in [-0.3, -0.25) is 9.44 Å². The van der Waals surface area contributed by atoms with Crippen molar-refractivity contribution < 1.29 is 26.3 Å². The average molecular weight is 546 g/mol. The average Bonchev–Trinajstić information content (AvgIpc) is 2.83. The van der Waals surface area contributed by atoms with Crippen LogP contribution in [0.15, 0.2) is 64.4 Å². The molecule has 1 aliphatic rings. The number of hydrogen-bond donors (Lipinski definition) is 2. The number of morpholine rings is 1. The van der Waals surface area contributed by atoms with Gasteiger partial charge in [-0.15, -0.1) is 0 Å². The molecule has 9 nitrogen and oxygen atoms in total. The van der Waals surface area contributed by atoms with E-state index in [1.165, 1.54) is 19.2 Å². The Morgan fingerprint density at radius 1 is 0.811 bits per heavy atom. The minimum atomic E-state index is -4.02. The van der Waals surface area contributed by atoms with Gasteiger partial charge < -0.3 is 14.4 Å². The first-order chi connectivity index (χ1) is 17.5. The Hall–Kier alpha value is -3.28. The van der Waals surface area contributed by atoms with Gasteiger partial charge >= 0.3 is 0 Å². The SMILES string of the molecule is COc1ccc(NS(=O)(=O)c2ccc(N3CCOCC3)c(NS(=O)(=O)c3c(C)cc(C)cc3C)c2)cc1. The molecular weight excluding hydrogens is 514 g/mol. The highest BCUT2D eigenvalue weighted by atomic mass is 32.2. The van der Waals surface area contributed by atoms with Crippen LogP contribution in [-0.4, -0.2) is 50.2 Å². The molecule has 1 saturated heterocycles. The highest BCUT2D eigenvalue weighted by Crippen LogP contribution is 2.33. The molecule has 0 aliphatic carbocycles. The Labute approximate surface area is 218 Å². The van der Waals surface area contributed by atoms with Gasteiger partial charge in [0.15, 0.2) is 0 Å². The van der Waals surface area contributed by atoms with Gasteiger partial charge in [0.2, 0.25) is 0 Å². The van der Waals surface area contributed by atoms with Crippen molar-refractivity contribution in [3.05, 3.63) is 71.3 Å². The van der Waals surface area contributed by atoms with Gasteiger partial charge in [-0.05, 0) is 74.4 Å². The van der Waals surface area contributed by atoms with Gasteiger partial charge in [-0.1, -0.05) is 17.7 Å². The van der Waals surface area contributed by atoms with Crippen LogP contribution in [0.2, 0.25) is 0 Å². The second-order valence-electron chi connectivity index (χ2n) is 8.95. The lowest BCUT2D eigenvalue weighted by Gasteiger charge is -2.31. The summed E-state index contributed by atoms with van der Waals surface area (Å²) in [6.07, 6.45) is 0. The zero-order valence-corrected chi connectivity index (χ0v) is 22.9. The van der Waals surface area contributed by atoms with Crippen molar-refractivity contribution in [3.63, 3.8) is 0 Å². The summed E-state index contributed by atoms with van der Waals surface area (Å²) in [7, 11) is -6.51. The third kappa shape index (κ3) is 6.00. The molecule has 1 heterocycles. The lowest BCUT2D eigenvalue weighted by atomic mass is 10.1. The van der Waals surface area contributed by atoms with Crippen molar-refractivity contribution in [1.82, 2.24) is 0 Å². The highest BCUT2D eigenvalue weighted by Gasteiger charge is 2.25. The summed E-state index contributed by atoms with van der Waals surface area (Å²) in [5.41, 5.74) is 3.30. The Kier molecular flexibility index (Phi) is 7.67. The van der Waals surface area contributed by atoms with E-state index in [2.05, 4.69) is 9.44 Å². The molecule has 3 aromatic rings. The summed E-state index contributed by atoms with van der Waals surface area (Å²) >= 11 is 0. The van der Waals surface area contributed by atoms with E-state index in [1.807, 2.05) is 24.0 Å². The maximum Gasteiger partial charge on any atom is 0.262 e. The highest BCUT2D eigenvalue weighted by molar-refractivity contribution is 7.93. The smallest absolute Gasteiger partial charge is 0.262 e. The number of rotatable bonds is 8. The fourth-order valence-corrected chi connectivity index (χ4v) is 7.11. The Morgan fingerprint density at radius 2 is 1.43 bits per heavy atom. The molecule has 0 bridgehead atoms. The third-order valence-electron chi connectivity index (χ3n) is 6.09. The van der Waals surface area contributed by atoms with Crippen molar-refractivity contribution in [3.8, 4) is 5.75 Å². The number of benzene rings is 3. The molecular formula is C26H31N3O6S2. The molecule has 1 aliphatic heterocycles. The maximum atomic E-state index is 13.6. The van der Waals surface area contributed by atoms with E-state index in [9.17, 15) is 16.8 Å². The predicted molar refractivity (Wildman–Crippen MR) is 145 cm³/mol. The molecule has 198 valence electrons. The zero-order valence-electron chi connectivity index (χ0n) is 21.2. The van der Waals surface area contributed by atoms with E-state index in [-0.39, 0.29) is 15.5 Å². The third-order valence-corrected chi connectivity index (χ3v) is 9.14. The summed E-state index contributed by atoms with van der Waals surface area (Å²) in [5.74, 6) is 0.594. The summed E-state index contributed by atoms with van der Waals surface area (Å²) in [4.78, 5) is 2.08. The minimum Gasteiger partial charge on any atom is -0.497 e. The number of hydrogen-bond acceptors (Lipinski definition) is 7. The molecule has 37 heavy (non-hydrogen) atoms. The normalized spacial score (nSPS) is 14.3. The van der Waals surface area contributed by atoms with Gasteiger partial charge in [-0.2, -0.15) is 0 Å². The lowest BCUT2D eigenvalue weighted by Crippen LogP contribution is -2.37. The van der Waals surface area contributed by atoms with Crippen molar-refractivity contribution in [1.29, 1.82) is 0 Å². The summed E-state index contributed by atoms with van der Waals surface area (Å²) in [5, 5.41) is 0. The van der Waals surface area contributed by atoms with E-state index in [0.29, 0.717) is 54.6 Å². The molecule has 1 fully saturated rings. The first kappa shape index (κ1) is 26.8. The predicted octanol–water partition coefficient (Wildman–Crippen LogP) is 4.06. The number of ether oxygens (including phenoxy) is 2. The van der Waals surface area contributed by atoms with E-state index in [1.54, 1.807) is 44.2 Å². The Morgan fingerprint density at radius 3 is 2.03 bits per heavy atom. The number of sulfonamides is 2. The number of aryl methyl sites for hydroxylation is 3. The standard InChI is InChI=1S/C26H31N3O6S2/c1-18-15-19(2)26(20(3)16-18)37(32,33)28-24-17-23(9-10-25(24)29-11-13-35-14-12-29)36(30,31)27-21-5-7-22(34-4)8-6-21/h5-10,15-17,27-28H,11-14H2,1-4H3. The van der Waals surface area contributed by atoms with Crippen molar-refractivity contribution in [2.75, 3.05) is 47.8 Å². The molecule has 3 aromatic carbocycles. The van der Waals surface area contributed by atoms with E-state index >= 15 is 0 Å². The maximum absolute atomic E-state index is 13.6. The van der Waals surface area contributed by atoms with Crippen LogP contribution >= 0.6 is 0 Å². The Balaban J connectivity index is 1.74. The monoisotopic (exact) mass is 545 g/mol. The van der Waals surface area contributed by atoms with Crippen LogP contribution in [0.4, 0.5) is 17.1 Å². The largest absolute Gasteiger partial charge is 0.497 e.